The number of nitrogens with zero attached hydrogens (tertiary/aromatic N) is 3. The van der Waals surface area contributed by atoms with E-state index >= 15 is 0 Å². The topological polar surface area (TPSA) is 84.0 Å². The number of rotatable bonds is 11. The summed E-state index contributed by atoms with van der Waals surface area (Å²) >= 11 is 0. The van der Waals surface area contributed by atoms with Crippen molar-refractivity contribution in [1.82, 2.24) is 14.8 Å². The first kappa shape index (κ1) is 37.1. The number of anilines is 1. The lowest BCUT2D eigenvalue weighted by atomic mass is 10.0. The van der Waals surface area contributed by atoms with E-state index in [-0.39, 0.29) is 18.2 Å². The van der Waals surface area contributed by atoms with Crippen LogP contribution < -0.4 is 10.1 Å². The van der Waals surface area contributed by atoms with Crippen molar-refractivity contribution in [3.63, 3.8) is 0 Å². The third-order valence-corrected chi connectivity index (χ3v) is 9.33. The Morgan fingerprint density at radius 1 is 0.679 bits per heavy atom. The summed E-state index contributed by atoms with van der Waals surface area (Å²) in [5.74, 6) is 1.44. The molecule has 1 fully saturated rings. The highest BCUT2D eigenvalue weighted by molar-refractivity contribution is 5.89. The van der Waals surface area contributed by atoms with E-state index in [4.69, 9.17) is 9.47 Å². The molecule has 3 amide bonds. The van der Waals surface area contributed by atoms with E-state index in [1.54, 1.807) is 17.3 Å². The van der Waals surface area contributed by atoms with E-state index in [1.807, 2.05) is 92.4 Å². The van der Waals surface area contributed by atoms with Crippen LogP contribution in [0.15, 0.2) is 128 Å². The standard InChI is InChI=1S/C45H50N4O4/c1-45(2,3)53-44(51)49(40-13-7-4-5-8-14-40)33-35-19-23-38(24-20-35)37-21-17-34(18-22-37)31-48(32-36-12-11-29-46-30-36)43(50)47-39-25-27-42(28-26-39)52-41-15-9-6-10-16-41/h6,9-12,15-30,40H,4-5,7-8,13-14,31-33H2,1-3H3,(H,47,50). The number of carbonyl (C=O) groups is 2. The van der Waals surface area contributed by atoms with Gasteiger partial charge in [0.1, 0.15) is 17.1 Å². The van der Waals surface area contributed by atoms with Crippen molar-refractivity contribution in [1.29, 1.82) is 0 Å². The highest BCUT2D eigenvalue weighted by atomic mass is 16.6. The van der Waals surface area contributed by atoms with Crippen molar-refractivity contribution in [3.8, 4) is 22.6 Å². The van der Waals surface area contributed by atoms with E-state index in [1.165, 1.54) is 12.8 Å². The van der Waals surface area contributed by atoms with Crippen molar-refractivity contribution < 1.29 is 19.1 Å². The van der Waals surface area contributed by atoms with E-state index in [0.29, 0.717) is 31.1 Å². The molecule has 8 nitrogen and oxygen atoms in total. The van der Waals surface area contributed by atoms with Gasteiger partial charge < -0.3 is 24.6 Å². The number of urea groups is 1. The molecular formula is C45H50N4O4. The maximum Gasteiger partial charge on any atom is 0.410 e. The molecule has 1 aromatic heterocycles. The lowest BCUT2D eigenvalue weighted by Crippen LogP contribution is -2.42. The van der Waals surface area contributed by atoms with E-state index in [0.717, 1.165) is 59.3 Å². The third-order valence-electron chi connectivity index (χ3n) is 9.33. The van der Waals surface area contributed by atoms with Gasteiger partial charge in [0, 0.05) is 43.8 Å². The second-order valence-corrected chi connectivity index (χ2v) is 14.7. The molecule has 1 N–H and O–H groups in total. The normalized spacial score (nSPS) is 13.4. The summed E-state index contributed by atoms with van der Waals surface area (Å²) in [5, 5.41) is 3.05. The fourth-order valence-corrected chi connectivity index (χ4v) is 6.60. The van der Waals surface area contributed by atoms with Crippen molar-refractivity contribution in [2.24, 2.45) is 0 Å². The molecule has 274 valence electrons. The van der Waals surface area contributed by atoms with Crippen LogP contribution in [0.1, 0.15) is 76.0 Å². The predicted octanol–water partition coefficient (Wildman–Crippen LogP) is 11.2. The Labute approximate surface area is 313 Å². The van der Waals surface area contributed by atoms with Gasteiger partial charge in [-0.15, -0.1) is 0 Å². The van der Waals surface area contributed by atoms with Gasteiger partial charge in [-0.25, -0.2) is 9.59 Å². The minimum Gasteiger partial charge on any atom is -0.457 e. The molecule has 53 heavy (non-hydrogen) atoms. The largest absolute Gasteiger partial charge is 0.457 e. The second kappa shape index (κ2) is 17.7. The van der Waals surface area contributed by atoms with E-state index in [2.05, 4.69) is 58.8 Å². The van der Waals surface area contributed by atoms with Gasteiger partial charge in [0.2, 0.25) is 0 Å². The molecule has 1 saturated carbocycles. The maximum absolute atomic E-state index is 13.7. The molecule has 5 aromatic rings. The Morgan fingerprint density at radius 3 is 1.85 bits per heavy atom. The summed E-state index contributed by atoms with van der Waals surface area (Å²) in [6.45, 7) is 7.11. The third kappa shape index (κ3) is 11.2. The van der Waals surface area contributed by atoms with E-state index in [9.17, 15) is 9.59 Å². The van der Waals surface area contributed by atoms with Crippen molar-refractivity contribution in [3.05, 3.63) is 144 Å². The minimum absolute atomic E-state index is 0.194. The number of pyridine rings is 1. The molecule has 0 aliphatic heterocycles. The van der Waals surface area contributed by atoms with Gasteiger partial charge in [-0.2, -0.15) is 0 Å². The summed E-state index contributed by atoms with van der Waals surface area (Å²) < 4.78 is 11.8. The van der Waals surface area contributed by atoms with Crippen LogP contribution in [0.4, 0.5) is 15.3 Å². The Balaban J connectivity index is 1.11. The zero-order valence-corrected chi connectivity index (χ0v) is 31.0. The van der Waals surface area contributed by atoms with E-state index < -0.39 is 5.60 Å². The molecule has 8 heteroatoms. The zero-order valence-electron chi connectivity index (χ0n) is 31.0. The maximum atomic E-state index is 13.7. The highest BCUT2D eigenvalue weighted by Gasteiger charge is 2.29. The summed E-state index contributed by atoms with van der Waals surface area (Å²) in [6, 6.07) is 37.5. The average Bonchev–Trinajstić information content (AvgIpc) is 3.45. The van der Waals surface area contributed by atoms with Crippen molar-refractivity contribution >= 4 is 17.8 Å². The summed E-state index contributed by atoms with van der Waals surface area (Å²) in [4.78, 5) is 35.0. The smallest absolute Gasteiger partial charge is 0.410 e. The molecule has 0 radical (unpaired) electrons. The average molecular weight is 711 g/mol. The molecule has 0 spiro atoms. The van der Waals surface area contributed by atoms with Gasteiger partial charge in [-0.3, -0.25) is 4.98 Å². The quantitative estimate of drug-likeness (QED) is 0.138. The Hall–Kier alpha value is -5.63. The lowest BCUT2D eigenvalue weighted by Gasteiger charge is -2.33. The highest BCUT2D eigenvalue weighted by Crippen LogP contribution is 2.28. The van der Waals surface area contributed by atoms with Crippen LogP contribution in [-0.2, 0) is 24.4 Å². The first-order chi connectivity index (χ1) is 25.7. The number of carbonyl (C=O) groups excluding carboxylic acids is 2. The minimum atomic E-state index is -0.541. The van der Waals surface area contributed by atoms with Crippen LogP contribution in [0.2, 0.25) is 0 Å². The van der Waals surface area contributed by atoms with Gasteiger partial charge in [0.15, 0.2) is 0 Å². The first-order valence-electron chi connectivity index (χ1n) is 18.6. The molecule has 4 aromatic carbocycles. The number of nitrogens with one attached hydrogen (secondary N) is 1. The summed E-state index contributed by atoms with van der Waals surface area (Å²) in [7, 11) is 0. The van der Waals surface area contributed by atoms with Crippen LogP contribution in [0, 0.1) is 0 Å². The van der Waals surface area contributed by atoms with Crippen LogP contribution >= 0.6 is 0 Å². The van der Waals surface area contributed by atoms with Crippen LogP contribution in [0.3, 0.4) is 0 Å². The van der Waals surface area contributed by atoms with Gasteiger partial charge in [0.25, 0.3) is 0 Å². The summed E-state index contributed by atoms with van der Waals surface area (Å²) in [5.41, 5.74) is 5.32. The summed E-state index contributed by atoms with van der Waals surface area (Å²) in [6.07, 6.45) is 10.0. The molecule has 0 unspecified atom stereocenters. The number of amides is 3. The molecule has 1 heterocycles. The second-order valence-electron chi connectivity index (χ2n) is 14.7. The Kier molecular flexibility index (Phi) is 12.4. The number of ether oxygens (including phenoxy) is 2. The molecule has 0 saturated heterocycles. The molecule has 6 rings (SSSR count). The number of hydrogen-bond donors (Lipinski definition) is 1. The molecule has 1 aliphatic carbocycles. The van der Waals surface area contributed by atoms with Crippen molar-refractivity contribution in [2.45, 2.75) is 90.6 Å². The fourth-order valence-electron chi connectivity index (χ4n) is 6.60. The number of para-hydroxylation sites is 1. The lowest BCUT2D eigenvalue weighted by molar-refractivity contribution is 0.0123. The fraction of sp³-hybridized carbons (Fsp3) is 0.311. The van der Waals surface area contributed by atoms with Gasteiger partial charge in [-0.1, -0.05) is 98.5 Å². The molecular weight excluding hydrogens is 661 g/mol. The first-order valence-corrected chi connectivity index (χ1v) is 18.6. The Morgan fingerprint density at radius 2 is 1.26 bits per heavy atom. The van der Waals surface area contributed by atoms with Crippen LogP contribution in [-0.4, -0.2) is 38.6 Å². The van der Waals surface area contributed by atoms with Gasteiger partial charge >= 0.3 is 12.1 Å². The predicted molar refractivity (Wildman–Crippen MR) is 211 cm³/mol. The molecule has 0 bridgehead atoms. The Bertz CT molecular complexity index is 1880. The zero-order chi connectivity index (χ0) is 37.0. The number of aromatic nitrogens is 1. The van der Waals surface area contributed by atoms with Gasteiger partial charge in [0.05, 0.1) is 0 Å². The number of benzene rings is 4. The van der Waals surface area contributed by atoms with Crippen LogP contribution in [0.5, 0.6) is 11.5 Å². The SMILES string of the molecule is CC(C)(C)OC(=O)N(Cc1ccc(-c2ccc(CN(Cc3cccnc3)C(=O)Nc3ccc(Oc4ccccc4)cc3)cc2)cc1)C1CCCCCC1. The van der Waals surface area contributed by atoms with Crippen LogP contribution in [0.25, 0.3) is 11.1 Å². The molecule has 1 aliphatic rings. The van der Waals surface area contributed by atoms with Gasteiger partial charge in [-0.05, 0) is 104 Å². The molecule has 0 atom stereocenters. The monoisotopic (exact) mass is 710 g/mol. The number of hydrogen-bond acceptors (Lipinski definition) is 5. The van der Waals surface area contributed by atoms with Crippen molar-refractivity contribution in [2.75, 3.05) is 5.32 Å².